The molecule has 1 aliphatic heterocycles. The highest BCUT2D eigenvalue weighted by molar-refractivity contribution is 5.90. The van der Waals surface area contributed by atoms with Crippen molar-refractivity contribution in [1.82, 2.24) is 5.43 Å². The van der Waals surface area contributed by atoms with E-state index in [1.54, 1.807) is 7.11 Å². The van der Waals surface area contributed by atoms with Crippen LogP contribution in [0.15, 0.2) is 89.9 Å². The quantitative estimate of drug-likeness (QED) is 0.733. The topological polar surface area (TPSA) is 36.9 Å². The highest BCUT2D eigenvalue weighted by atomic mass is 16.5. The van der Waals surface area contributed by atoms with Crippen LogP contribution >= 0.6 is 0 Å². The van der Waals surface area contributed by atoms with Crippen molar-refractivity contribution in [3.63, 3.8) is 0 Å². The van der Waals surface area contributed by atoms with Gasteiger partial charge in [0.2, 0.25) is 0 Å². The minimum atomic E-state index is 0.204. The van der Waals surface area contributed by atoms with Crippen LogP contribution in [0.25, 0.3) is 0 Å². The molecule has 3 aromatic carbocycles. The standard InChI is InChI=1S/C22H21N3O/c1-26-20-14-12-18(13-15-20)23-22-16-21(17-8-4-2-5-9-17)25(24-22)19-10-6-3-7-11-19/h2-15,21H,16H2,1H3,(H,23,24). The maximum atomic E-state index is 5.22. The number of hydrogen-bond acceptors (Lipinski definition) is 3. The fourth-order valence-electron chi connectivity index (χ4n) is 3.20. The van der Waals surface area contributed by atoms with Gasteiger partial charge >= 0.3 is 0 Å². The number of anilines is 1. The second kappa shape index (κ2) is 7.31. The number of hydrazine groups is 1. The number of aliphatic imine (C=N–C) groups is 1. The van der Waals surface area contributed by atoms with Gasteiger partial charge in [-0.05, 0) is 42.0 Å². The molecule has 0 saturated carbocycles. The number of nitrogens with zero attached hydrogens (tertiary/aromatic N) is 2. The van der Waals surface area contributed by atoms with Crippen LogP contribution in [0.3, 0.4) is 0 Å². The normalized spacial score (nSPS) is 18.0. The molecular weight excluding hydrogens is 322 g/mol. The number of nitrogens with one attached hydrogen (secondary N) is 1. The van der Waals surface area contributed by atoms with E-state index in [4.69, 9.17) is 9.73 Å². The zero-order chi connectivity index (χ0) is 17.8. The molecule has 1 unspecified atom stereocenters. The molecular formula is C22H21N3O. The molecule has 4 rings (SSSR count). The van der Waals surface area contributed by atoms with Crippen molar-refractivity contribution in [2.45, 2.75) is 12.5 Å². The molecule has 0 radical (unpaired) electrons. The molecule has 4 nitrogen and oxygen atoms in total. The van der Waals surface area contributed by atoms with Crippen LogP contribution in [0.4, 0.5) is 11.4 Å². The number of benzene rings is 3. The van der Waals surface area contributed by atoms with Crippen LogP contribution in [0.5, 0.6) is 5.75 Å². The van der Waals surface area contributed by atoms with E-state index >= 15 is 0 Å². The Kier molecular flexibility index (Phi) is 4.56. The summed E-state index contributed by atoms with van der Waals surface area (Å²) < 4.78 is 5.22. The first-order valence-electron chi connectivity index (χ1n) is 8.71. The molecule has 0 aromatic heterocycles. The zero-order valence-corrected chi connectivity index (χ0v) is 14.7. The zero-order valence-electron chi connectivity index (χ0n) is 14.7. The lowest BCUT2D eigenvalue weighted by Crippen LogP contribution is -2.34. The van der Waals surface area contributed by atoms with E-state index in [-0.39, 0.29) is 6.04 Å². The van der Waals surface area contributed by atoms with E-state index in [1.807, 2.05) is 36.4 Å². The summed E-state index contributed by atoms with van der Waals surface area (Å²) in [4.78, 5) is 4.79. The summed E-state index contributed by atoms with van der Waals surface area (Å²) >= 11 is 0. The lowest BCUT2D eigenvalue weighted by molar-refractivity contribution is 0.415. The van der Waals surface area contributed by atoms with Gasteiger partial charge in [0, 0.05) is 6.42 Å². The van der Waals surface area contributed by atoms with Crippen LogP contribution in [0, 0.1) is 0 Å². The van der Waals surface area contributed by atoms with Crippen LogP contribution < -0.4 is 15.2 Å². The second-order valence-electron chi connectivity index (χ2n) is 6.20. The predicted molar refractivity (Wildman–Crippen MR) is 106 cm³/mol. The van der Waals surface area contributed by atoms with Gasteiger partial charge in [0.15, 0.2) is 0 Å². The second-order valence-corrected chi connectivity index (χ2v) is 6.20. The molecule has 0 bridgehead atoms. The number of para-hydroxylation sites is 1. The smallest absolute Gasteiger partial charge is 0.123 e. The molecule has 1 saturated heterocycles. The maximum absolute atomic E-state index is 5.22. The van der Waals surface area contributed by atoms with Crippen molar-refractivity contribution in [3.8, 4) is 5.75 Å². The third-order valence-electron chi connectivity index (χ3n) is 4.50. The van der Waals surface area contributed by atoms with Gasteiger partial charge in [-0.2, -0.15) is 0 Å². The number of hydrogen-bond donors (Lipinski definition) is 1. The van der Waals surface area contributed by atoms with Gasteiger partial charge in [-0.3, -0.25) is 10.4 Å². The summed E-state index contributed by atoms with van der Waals surface area (Å²) in [7, 11) is 1.67. The summed E-state index contributed by atoms with van der Waals surface area (Å²) in [6.45, 7) is 0. The monoisotopic (exact) mass is 343 g/mol. The van der Waals surface area contributed by atoms with Crippen LogP contribution in [0.1, 0.15) is 18.0 Å². The van der Waals surface area contributed by atoms with E-state index in [1.165, 1.54) is 5.56 Å². The van der Waals surface area contributed by atoms with Crippen LogP contribution in [0.2, 0.25) is 0 Å². The Labute approximate surface area is 153 Å². The van der Waals surface area contributed by atoms with Crippen molar-refractivity contribution < 1.29 is 4.74 Å². The molecule has 4 heteroatoms. The molecule has 1 aliphatic rings. The van der Waals surface area contributed by atoms with Gasteiger partial charge in [-0.25, -0.2) is 4.99 Å². The fourth-order valence-corrected chi connectivity index (χ4v) is 3.20. The maximum Gasteiger partial charge on any atom is 0.123 e. The lowest BCUT2D eigenvalue weighted by Gasteiger charge is -2.26. The minimum absolute atomic E-state index is 0.204. The largest absolute Gasteiger partial charge is 0.497 e. The van der Waals surface area contributed by atoms with Crippen molar-refractivity contribution >= 4 is 17.2 Å². The molecule has 130 valence electrons. The van der Waals surface area contributed by atoms with E-state index in [2.05, 4.69) is 59.0 Å². The summed E-state index contributed by atoms with van der Waals surface area (Å²) in [6, 6.07) is 28.9. The minimum Gasteiger partial charge on any atom is -0.497 e. The van der Waals surface area contributed by atoms with E-state index < -0.39 is 0 Å². The van der Waals surface area contributed by atoms with Gasteiger partial charge in [-0.15, -0.1) is 0 Å². The van der Waals surface area contributed by atoms with Crippen LogP contribution in [-0.4, -0.2) is 12.9 Å². The van der Waals surface area contributed by atoms with E-state index in [0.717, 1.165) is 29.4 Å². The third kappa shape index (κ3) is 3.40. The Morgan fingerprint density at radius 1 is 0.885 bits per heavy atom. The van der Waals surface area contributed by atoms with Gasteiger partial charge in [0.1, 0.15) is 11.6 Å². The first-order chi connectivity index (χ1) is 12.8. The molecule has 3 aromatic rings. The molecule has 0 amide bonds. The molecule has 1 heterocycles. The van der Waals surface area contributed by atoms with E-state index in [0.29, 0.717) is 0 Å². The van der Waals surface area contributed by atoms with Gasteiger partial charge in [-0.1, -0.05) is 48.5 Å². The Balaban J connectivity index is 1.65. The Morgan fingerprint density at radius 2 is 1.54 bits per heavy atom. The molecule has 1 N–H and O–H groups in total. The van der Waals surface area contributed by atoms with Crippen molar-refractivity contribution in [2.75, 3.05) is 12.1 Å². The first-order valence-corrected chi connectivity index (χ1v) is 8.71. The summed E-state index contributed by atoms with van der Waals surface area (Å²) in [6.07, 6.45) is 0.824. The summed E-state index contributed by atoms with van der Waals surface area (Å²) in [5.74, 6) is 1.79. The summed E-state index contributed by atoms with van der Waals surface area (Å²) in [5.41, 5.74) is 6.79. The van der Waals surface area contributed by atoms with E-state index in [9.17, 15) is 0 Å². The van der Waals surface area contributed by atoms with Gasteiger partial charge in [0.05, 0.1) is 24.5 Å². The summed E-state index contributed by atoms with van der Waals surface area (Å²) in [5, 5.41) is 2.19. The number of methoxy groups -OCH3 is 1. The van der Waals surface area contributed by atoms with Gasteiger partial charge < -0.3 is 4.74 Å². The molecule has 0 spiro atoms. The highest BCUT2D eigenvalue weighted by Gasteiger charge is 2.30. The molecule has 1 atom stereocenters. The molecule has 1 fully saturated rings. The number of rotatable bonds is 4. The van der Waals surface area contributed by atoms with Crippen molar-refractivity contribution in [1.29, 1.82) is 0 Å². The average molecular weight is 343 g/mol. The predicted octanol–water partition coefficient (Wildman–Crippen LogP) is 4.88. The first kappa shape index (κ1) is 16.2. The molecule has 0 aliphatic carbocycles. The Morgan fingerprint density at radius 3 is 2.19 bits per heavy atom. The number of ether oxygens (including phenoxy) is 1. The van der Waals surface area contributed by atoms with Crippen molar-refractivity contribution in [3.05, 3.63) is 90.5 Å². The van der Waals surface area contributed by atoms with Gasteiger partial charge in [0.25, 0.3) is 0 Å². The highest BCUT2D eigenvalue weighted by Crippen LogP contribution is 2.33. The SMILES string of the molecule is COc1ccc(N=C2CC(c3ccccc3)N(c3ccccc3)N2)cc1. The fraction of sp³-hybridized carbons (Fsp3) is 0.136. The third-order valence-corrected chi connectivity index (χ3v) is 4.50. The Bertz CT molecular complexity index is 827. The average Bonchev–Trinajstić information content (AvgIpc) is 3.14. The van der Waals surface area contributed by atoms with Crippen LogP contribution in [-0.2, 0) is 0 Å². The lowest BCUT2D eigenvalue weighted by atomic mass is 10.0. The Hall–Kier alpha value is -3.27. The number of amidine groups is 1. The molecule has 26 heavy (non-hydrogen) atoms. The van der Waals surface area contributed by atoms with Crippen molar-refractivity contribution in [2.24, 2.45) is 4.99 Å².